The fourth-order valence-corrected chi connectivity index (χ4v) is 5.18. The molecule has 2 fully saturated rings. The van der Waals surface area contributed by atoms with E-state index in [0.29, 0.717) is 0 Å². The summed E-state index contributed by atoms with van der Waals surface area (Å²) in [6.07, 6.45) is 6.15. The fourth-order valence-electron chi connectivity index (χ4n) is 5.18. The second kappa shape index (κ2) is 8.91. The number of carbonyl (C=O) groups is 1. The van der Waals surface area contributed by atoms with Gasteiger partial charge in [0.25, 0.3) is 5.91 Å². The van der Waals surface area contributed by atoms with E-state index in [9.17, 15) is 4.79 Å². The second-order valence-electron chi connectivity index (χ2n) is 9.14. The first kappa shape index (κ1) is 19.8. The van der Waals surface area contributed by atoms with Crippen molar-refractivity contribution in [1.82, 2.24) is 14.7 Å². The van der Waals surface area contributed by atoms with E-state index in [4.69, 9.17) is 0 Å². The Morgan fingerprint density at radius 1 is 0.700 bits per heavy atom. The Bertz CT molecular complexity index is 880. The average molecular weight is 404 g/mol. The summed E-state index contributed by atoms with van der Waals surface area (Å²) in [6.45, 7) is 9.03. The zero-order chi connectivity index (χ0) is 20.3. The third-order valence-corrected chi connectivity index (χ3v) is 7.09. The molecule has 2 aromatic carbocycles. The van der Waals surface area contributed by atoms with Crippen LogP contribution in [0.3, 0.4) is 0 Å². The molecule has 0 aliphatic carbocycles. The molecule has 2 aromatic rings. The molecule has 0 spiro atoms. The van der Waals surface area contributed by atoms with Crippen LogP contribution in [0.1, 0.15) is 47.2 Å². The van der Waals surface area contributed by atoms with Gasteiger partial charge < -0.3 is 9.80 Å². The minimum absolute atomic E-state index is 0.179. The summed E-state index contributed by atoms with van der Waals surface area (Å²) in [6, 6.07) is 15.1. The van der Waals surface area contributed by atoms with Gasteiger partial charge >= 0.3 is 0 Å². The predicted molar refractivity (Wildman–Crippen MR) is 122 cm³/mol. The largest absolute Gasteiger partial charge is 0.339 e. The van der Waals surface area contributed by atoms with Crippen LogP contribution in [0.15, 0.2) is 42.5 Å². The van der Waals surface area contributed by atoms with Crippen molar-refractivity contribution < 1.29 is 4.79 Å². The third kappa shape index (κ3) is 4.30. The van der Waals surface area contributed by atoms with Crippen molar-refractivity contribution in [2.45, 2.75) is 38.6 Å². The molecule has 0 atom stereocenters. The molecule has 1 amide bonds. The number of hydrogen-bond donors (Lipinski definition) is 0. The maximum Gasteiger partial charge on any atom is 0.253 e. The van der Waals surface area contributed by atoms with E-state index in [1.54, 1.807) is 0 Å². The van der Waals surface area contributed by atoms with Crippen LogP contribution in [0.2, 0.25) is 0 Å². The molecule has 0 radical (unpaired) electrons. The highest BCUT2D eigenvalue weighted by atomic mass is 16.2. The van der Waals surface area contributed by atoms with E-state index in [1.807, 2.05) is 17.0 Å². The number of fused-ring (bicyclic) bond motifs is 1. The Hall–Kier alpha value is -2.17. The molecule has 0 N–H and O–H groups in total. The molecule has 0 aromatic heterocycles. The molecular weight excluding hydrogens is 370 g/mol. The summed E-state index contributed by atoms with van der Waals surface area (Å²) < 4.78 is 0. The first-order chi connectivity index (χ1) is 14.8. The van der Waals surface area contributed by atoms with E-state index < -0.39 is 0 Å². The van der Waals surface area contributed by atoms with Crippen molar-refractivity contribution in [3.63, 3.8) is 0 Å². The highest BCUT2D eigenvalue weighted by Gasteiger charge is 2.20. The fraction of sp³-hybridized carbons (Fsp3) is 0.500. The van der Waals surface area contributed by atoms with Gasteiger partial charge in [0.2, 0.25) is 0 Å². The van der Waals surface area contributed by atoms with Gasteiger partial charge in [-0.15, -0.1) is 0 Å². The predicted octanol–water partition coefficient (Wildman–Crippen LogP) is 4.04. The summed E-state index contributed by atoms with van der Waals surface area (Å²) in [7, 11) is 0. The Balaban J connectivity index is 1.23. The Morgan fingerprint density at radius 3 is 2.13 bits per heavy atom. The van der Waals surface area contributed by atoms with Crippen LogP contribution < -0.4 is 0 Å². The monoisotopic (exact) mass is 403 g/mol. The number of carbonyl (C=O) groups excluding carboxylic acids is 1. The van der Waals surface area contributed by atoms with Crippen molar-refractivity contribution in [2.75, 3.05) is 45.8 Å². The summed E-state index contributed by atoms with van der Waals surface area (Å²) >= 11 is 0. The highest BCUT2D eigenvalue weighted by Crippen LogP contribution is 2.27. The Kier molecular flexibility index (Phi) is 5.87. The smallest absolute Gasteiger partial charge is 0.253 e. The molecule has 5 rings (SSSR count). The van der Waals surface area contributed by atoms with Gasteiger partial charge in [-0.3, -0.25) is 9.69 Å². The van der Waals surface area contributed by atoms with Gasteiger partial charge in [-0.1, -0.05) is 30.3 Å². The number of amides is 1. The Morgan fingerprint density at radius 2 is 1.37 bits per heavy atom. The van der Waals surface area contributed by atoms with Crippen LogP contribution in [-0.4, -0.2) is 66.4 Å². The average Bonchev–Trinajstić information content (AvgIpc) is 3.51. The minimum Gasteiger partial charge on any atom is -0.339 e. The quantitative estimate of drug-likeness (QED) is 0.754. The summed E-state index contributed by atoms with van der Waals surface area (Å²) in [5.74, 6) is 0.179. The van der Waals surface area contributed by atoms with Crippen LogP contribution in [0.25, 0.3) is 11.1 Å². The summed E-state index contributed by atoms with van der Waals surface area (Å²) in [4.78, 5) is 19.8. The molecule has 30 heavy (non-hydrogen) atoms. The summed E-state index contributed by atoms with van der Waals surface area (Å²) in [5.41, 5.74) is 6.24. The van der Waals surface area contributed by atoms with Crippen molar-refractivity contribution in [3.8, 4) is 11.1 Å². The number of rotatable bonds is 5. The molecule has 158 valence electrons. The first-order valence-corrected chi connectivity index (χ1v) is 11.7. The third-order valence-electron chi connectivity index (χ3n) is 7.09. The molecule has 3 aliphatic heterocycles. The van der Waals surface area contributed by atoms with Crippen LogP contribution in [0, 0.1) is 0 Å². The van der Waals surface area contributed by atoms with Crippen LogP contribution in [0.5, 0.6) is 0 Å². The lowest BCUT2D eigenvalue weighted by molar-refractivity contribution is 0.0793. The molecule has 3 heterocycles. The molecule has 4 nitrogen and oxygen atoms in total. The molecule has 2 saturated heterocycles. The molecule has 4 heteroatoms. The van der Waals surface area contributed by atoms with Gasteiger partial charge in [0.15, 0.2) is 0 Å². The SMILES string of the molecule is O=C(c1ccc(-c2ccc3c(c2)CCN(CCN2CCCC2)C3)cc1)N1CCCC1. The Labute approximate surface area is 180 Å². The van der Waals surface area contributed by atoms with Crippen molar-refractivity contribution >= 4 is 5.91 Å². The van der Waals surface area contributed by atoms with Crippen LogP contribution >= 0.6 is 0 Å². The second-order valence-corrected chi connectivity index (χ2v) is 9.14. The topological polar surface area (TPSA) is 26.8 Å². The van der Waals surface area contributed by atoms with Crippen LogP contribution in [0.4, 0.5) is 0 Å². The van der Waals surface area contributed by atoms with E-state index in [2.05, 4.69) is 40.1 Å². The number of hydrogen-bond acceptors (Lipinski definition) is 3. The van der Waals surface area contributed by atoms with E-state index in [-0.39, 0.29) is 5.91 Å². The number of nitrogens with zero attached hydrogens (tertiary/aromatic N) is 3. The van der Waals surface area contributed by atoms with Crippen LogP contribution in [-0.2, 0) is 13.0 Å². The zero-order valence-electron chi connectivity index (χ0n) is 18.0. The molecule has 0 unspecified atom stereocenters. The molecule has 0 bridgehead atoms. The molecular formula is C26H33N3O. The van der Waals surface area contributed by atoms with E-state index in [1.165, 1.54) is 61.3 Å². The van der Waals surface area contributed by atoms with Crippen molar-refractivity contribution in [2.24, 2.45) is 0 Å². The number of benzene rings is 2. The van der Waals surface area contributed by atoms with Gasteiger partial charge in [-0.2, -0.15) is 0 Å². The van der Waals surface area contributed by atoms with E-state index in [0.717, 1.165) is 51.0 Å². The lowest BCUT2D eigenvalue weighted by Crippen LogP contribution is -2.37. The first-order valence-electron chi connectivity index (χ1n) is 11.7. The summed E-state index contributed by atoms with van der Waals surface area (Å²) in [5, 5.41) is 0. The maximum atomic E-state index is 12.6. The lowest BCUT2D eigenvalue weighted by atomic mass is 9.94. The van der Waals surface area contributed by atoms with Crippen molar-refractivity contribution in [1.29, 1.82) is 0 Å². The van der Waals surface area contributed by atoms with Gasteiger partial charge in [-0.25, -0.2) is 0 Å². The normalized spacial score (nSPS) is 19.9. The van der Waals surface area contributed by atoms with Gasteiger partial charge in [-0.05, 0) is 79.6 Å². The number of likely N-dealkylation sites (tertiary alicyclic amines) is 2. The van der Waals surface area contributed by atoms with Gasteiger partial charge in [0, 0.05) is 44.8 Å². The van der Waals surface area contributed by atoms with Gasteiger partial charge in [0.05, 0.1) is 0 Å². The van der Waals surface area contributed by atoms with Crippen molar-refractivity contribution in [3.05, 3.63) is 59.2 Å². The molecule has 3 aliphatic rings. The minimum atomic E-state index is 0.179. The van der Waals surface area contributed by atoms with Gasteiger partial charge in [0.1, 0.15) is 0 Å². The standard InChI is InChI=1S/C26H33N3O/c30-26(29-14-3-4-15-29)22-7-5-21(6-8-22)23-9-10-25-20-28(16-11-24(25)19-23)18-17-27-12-1-2-13-27/h5-10,19H,1-4,11-18,20H2. The lowest BCUT2D eigenvalue weighted by Gasteiger charge is -2.30. The zero-order valence-corrected chi connectivity index (χ0v) is 18.0. The maximum absolute atomic E-state index is 12.6. The highest BCUT2D eigenvalue weighted by molar-refractivity contribution is 5.94. The van der Waals surface area contributed by atoms with E-state index >= 15 is 0 Å². The molecule has 0 saturated carbocycles.